The first kappa shape index (κ1) is 23.5. The molecule has 0 spiro atoms. The van der Waals surface area contributed by atoms with E-state index in [0.29, 0.717) is 5.56 Å². The lowest BCUT2D eigenvalue weighted by Gasteiger charge is -2.42. The molecule has 1 aliphatic rings. The molecule has 0 unspecified atom stereocenters. The Morgan fingerprint density at radius 1 is 0.611 bits per heavy atom. The van der Waals surface area contributed by atoms with Gasteiger partial charge in [-0.15, -0.1) is 0 Å². The van der Waals surface area contributed by atoms with Crippen LogP contribution < -0.4 is 20.6 Å². The molecule has 0 radical (unpaired) electrons. The van der Waals surface area contributed by atoms with Crippen LogP contribution in [0.2, 0.25) is 0 Å². The van der Waals surface area contributed by atoms with Crippen LogP contribution >= 0.6 is 7.41 Å². The largest absolute Gasteiger partial charge is 0.465 e. The highest BCUT2D eigenvalue weighted by atomic mass is 31.2. The van der Waals surface area contributed by atoms with Crippen molar-refractivity contribution in [3.05, 3.63) is 127 Å². The molecular weight excluding hydrogens is 469 g/mol. The Bertz CT molecular complexity index is 1400. The molecule has 1 aliphatic heterocycles. The summed E-state index contributed by atoms with van der Waals surface area (Å²) in [6.45, 7) is 0. The van der Waals surface area contributed by atoms with Crippen molar-refractivity contribution in [2.75, 3.05) is 18.9 Å². The smallest absolute Gasteiger partial charge is 0.359 e. The molecule has 0 aromatic heterocycles. The van der Waals surface area contributed by atoms with Gasteiger partial charge in [-0.05, 0) is 48.5 Å². The van der Waals surface area contributed by atoms with Crippen molar-refractivity contribution in [1.82, 2.24) is 0 Å². The van der Waals surface area contributed by atoms with Crippen molar-refractivity contribution in [2.45, 2.75) is 0 Å². The first-order chi connectivity index (χ1) is 17.6. The predicted octanol–water partition coefficient (Wildman–Crippen LogP) is 4.47. The first-order valence-corrected chi connectivity index (χ1v) is 13.3. The van der Waals surface area contributed by atoms with Crippen LogP contribution in [0.15, 0.2) is 121 Å². The van der Waals surface area contributed by atoms with Crippen LogP contribution in [0, 0.1) is 0 Å². The van der Waals surface area contributed by atoms with Crippen LogP contribution in [0.1, 0.15) is 5.56 Å². The van der Waals surface area contributed by atoms with E-state index in [1.54, 1.807) is 0 Å². The van der Waals surface area contributed by atoms with Gasteiger partial charge >= 0.3 is 11.9 Å². The molecule has 0 saturated heterocycles. The van der Waals surface area contributed by atoms with Crippen LogP contribution in [0.4, 0.5) is 5.69 Å². The Kier molecular flexibility index (Phi) is 6.41. The van der Waals surface area contributed by atoms with Gasteiger partial charge in [0.1, 0.15) is 21.5 Å². The average molecular weight is 495 g/mol. The lowest BCUT2D eigenvalue weighted by molar-refractivity contribution is -0.137. The molecule has 6 heteroatoms. The molecule has 5 rings (SSSR count). The van der Waals surface area contributed by atoms with Crippen molar-refractivity contribution >= 4 is 46.5 Å². The minimum absolute atomic E-state index is 0.162. The molecule has 36 heavy (non-hydrogen) atoms. The molecule has 1 heterocycles. The van der Waals surface area contributed by atoms with E-state index in [2.05, 4.69) is 30.3 Å². The van der Waals surface area contributed by atoms with Crippen LogP contribution in [-0.4, -0.2) is 26.2 Å². The molecule has 0 fully saturated rings. The summed E-state index contributed by atoms with van der Waals surface area (Å²) in [6, 6.07) is 37.8. The Hall–Kier alpha value is -4.21. The number of hydrogen-bond donors (Lipinski definition) is 0. The number of hydrogen-bond acceptors (Lipinski definition) is 5. The summed E-state index contributed by atoms with van der Waals surface area (Å²) in [5.41, 5.74) is 1.79. The third-order valence-corrected chi connectivity index (χ3v) is 10.5. The lowest BCUT2D eigenvalue weighted by Crippen LogP contribution is -2.49. The Labute approximate surface area is 211 Å². The van der Waals surface area contributed by atoms with Crippen LogP contribution in [0.3, 0.4) is 0 Å². The van der Waals surface area contributed by atoms with E-state index < -0.39 is 19.4 Å². The summed E-state index contributed by atoms with van der Waals surface area (Å²) < 4.78 is 12.6. The van der Waals surface area contributed by atoms with Gasteiger partial charge in [-0.1, -0.05) is 66.7 Å². The number of ether oxygens (including phenoxy) is 2. The summed E-state index contributed by atoms with van der Waals surface area (Å²) in [7, 11) is -0.104. The number of esters is 2. The first-order valence-electron chi connectivity index (χ1n) is 11.5. The van der Waals surface area contributed by atoms with Crippen LogP contribution in [0.25, 0.3) is 5.57 Å². The maximum atomic E-state index is 13.6. The molecule has 0 aliphatic carbocycles. The van der Waals surface area contributed by atoms with Gasteiger partial charge in [-0.25, -0.2) is 9.59 Å². The summed E-state index contributed by atoms with van der Waals surface area (Å²) in [5, 5.41) is 3.04. The molecular formula is C30H25NO4P+. The maximum absolute atomic E-state index is 13.6. The molecule has 0 saturated carbocycles. The summed E-state index contributed by atoms with van der Waals surface area (Å²) in [5.74, 6) is -1.20. The summed E-state index contributed by atoms with van der Waals surface area (Å²) in [6.07, 6.45) is 0. The highest BCUT2D eigenvalue weighted by Gasteiger charge is 2.60. The van der Waals surface area contributed by atoms with Crippen molar-refractivity contribution in [3.8, 4) is 0 Å². The van der Waals surface area contributed by atoms with Gasteiger partial charge < -0.3 is 9.47 Å². The van der Waals surface area contributed by atoms with Gasteiger partial charge in [0.05, 0.1) is 19.9 Å². The monoisotopic (exact) mass is 494 g/mol. The van der Waals surface area contributed by atoms with Gasteiger partial charge in [0.15, 0.2) is 5.70 Å². The van der Waals surface area contributed by atoms with Crippen LogP contribution in [0.5, 0.6) is 0 Å². The average Bonchev–Trinajstić information content (AvgIpc) is 2.96. The molecule has 4 aromatic rings. The second kappa shape index (κ2) is 9.80. The highest BCUT2D eigenvalue weighted by molar-refractivity contribution is 7.97. The Balaban J connectivity index is 2.05. The molecule has 5 nitrogen and oxygen atoms in total. The van der Waals surface area contributed by atoms with E-state index in [0.717, 1.165) is 21.6 Å². The van der Waals surface area contributed by atoms with Gasteiger partial charge in [0.2, 0.25) is 7.41 Å². The normalized spacial score (nSPS) is 14.1. The fourth-order valence-corrected chi connectivity index (χ4v) is 9.41. The SMILES string of the molecule is COC(=O)C1=C(C(=O)OC)N(c2ccccc2)[P+](c2ccccc2)(c2ccccc2)c2ccccc21. The fraction of sp³-hybridized carbons (Fsp3) is 0.0667. The van der Waals surface area contributed by atoms with Gasteiger partial charge in [-0.3, -0.25) is 0 Å². The number of para-hydroxylation sites is 1. The number of carbonyl (C=O) groups is 2. The van der Waals surface area contributed by atoms with Crippen molar-refractivity contribution in [1.29, 1.82) is 0 Å². The van der Waals surface area contributed by atoms with E-state index in [9.17, 15) is 9.59 Å². The zero-order valence-corrected chi connectivity index (χ0v) is 20.9. The third kappa shape index (κ3) is 3.60. The number of fused-ring (bicyclic) bond motifs is 1. The van der Waals surface area contributed by atoms with Crippen LogP contribution in [-0.2, 0) is 19.1 Å². The van der Waals surface area contributed by atoms with E-state index in [1.807, 2.05) is 89.6 Å². The maximum Gasteiger partial charge on any atom is 0.359 e. The van der Waals surface area contributed by atoms with Crippen molar-refractivity contribution < 1.29 is 19.1 Å². The number of carbonyl (C=O) groups excluding carboxylic acids is 2. The summed E-state index contributed by atoms with van der Waals surface area (Å²) >= 11 is 0. The Morgan fingerprint density at radius 3 is 1.61 bits per heavy atom. The summed E-state index contributed by atoms with van der Waals surface area (Å²) in [4.78, 5) is 26.9. The Morgan fingerprint density at radius 2 is 1.08 bits per heavy atom. The van der Waals surface area contributed by atoms with E-state index in [1.165, 1.54) is 14.2 Å². The second-order valence-corrected chi connectivity index (χ2v) is 11.4. The van der Waals surface area contributed by atoms with Gasteiger partial charge in [0, 0.05) is 5.56 Å². The zero-order valence-electron chi connectivity index (χ0n) is 20.0. The molecule has 0 bridgehead atoms. The molecule has 4 aromatic carbocycles. The van der Waals surface area contributed by atoms with E-state index >= 15 is 0 Å². The number of anilines is 1. The number of rotatable bonds is 5. The van der Waals surface area contributed by atoms with Crippen molar-refractivity contribution in [3.63, 3.8) is 0 Å². The standard InChI is InChI=1S/C30H25NO4P/c1-34-29(32)27-25-20-12-13-21-26(25)36(23-16-8-4-9-17-23,24-18-10-5-11-19-24)31(28(27)30(33)35-2)22-14-6-3-7-15-22/h3-21H,1-2H3/q+1. The van der Waals surface area contributed by atoms with E-state index in [4.69, 9.17) is 9.47 Å². The minimum atomic E-state index is -2.76. The number of methoxy groups -OCH3 is 2. The fourth-order valence-electron chi connectivity index (χ4n) is 4.87. The molecule has 178 valence electrons. The lowest BCUT2D eigenvalue weighted by atomic mass is 10.0. The van der Waals surface area contributed by atoms with Gasteiger partial charge in [0.25, 0.3) is 0 Å². The predicted molar refractivity (Wildman–Crippen MR) is 145 cm³/mol. The second-order valence-electron chi connectivity index (χ2n) is 8.18. The van der Waals surface area contributed by atoms with E-state index in [-0.39, 0.29) is 11.3 Å². The molecule has 0 N–H and O–H groups in total. The highest BCUT2D eigenvalue weighted by Crippen LogP contribution is 2.65. The minimum Gasteiger partial charge on any atom is -0.465 e. The molecule has 0 amide bonds. The topological polar surface area (TPSA) is 55.8 Å². The van der Waals surface area contributed by atoms with Crippen molar-refractivity contribution in [2.24, 2.45) is 0 Å². The number of nitrogens with zero attached hydrogens (tertiary/aromatic N) is 1. The zero-order chi connectivity index (χ0) is 25.1. The number of benzene rings is 4. The van der Waals surface area contributed by atoms with Gasteiger partial charge in [-0.2, -0.15) is 4.67 Å². The molecule has 0 atom stereocenters. The third-order valence-electron chi connectivity index (χ3n) is 6.30. The quantitative estimate of drug-likeness (QED) is 0.303.